The van der Waals surface area contributed by atoms with E-state index in [4.69, 9.17) is 4.74 Å². The number of anilines is 1. The van der Waals surface area contributed by atoms with Crippen molar-refractivity contribution < 1.29 is 9.53 Å². The molecule has 0 saturated heterocycles. The molecule has 0 fully saturated rings. The average molecular weight is 319 g/mol. The number of nitrogens with one attached hydrogen (secondary N) is 1. The lowest BCUT2D eigenvalue weighted by Crippen LogP contribution is -2.31. The minimum Gasteiger partial charge on any atom is -0.465 e. The average Bonchev–Trinajstić information content (AvgIpc) is 2.88. The van der Waals surface area contributed by atoms with E-state index in [0.717, 1.165) is 17.5 Å². The number of rotatable bonds is 1. The number of esters is 1. The number of hydrogen-bond donors (Lipinski definition) is 1. The van der Waals surface area contributed by atoms with Gasteiger partial charge in [0.25, 0.3) is 0 Å². The van der Waals surface area contributed by atoms with Gasteiger partial charge in [-0.25, -0.2) is 4.79 Å². The maximum Gasteiger partial charge on any atom is 0.338 e. The summed E-state index contributed by atoms with van der Waals surface area (Å²) in [6.07, 6.45) is 3.04. The zero-order chi connectivity index (χ0) is 17.1. The van der Waals surface area contributed by atoms with Gasteiger partial charge >= 0.3 is 5.97 Å². The first-order valence-corrected chi connectivity index (χ1v) is 8.25. The number of carbonyl (C=O) groups is 1. The Hall–Kier alpha value is -2.55. The molecule has 1 aliphatic carbocycles. The van der Waals surface area contributed by atoms with Crippen LogP contribution in [0.3, 0.4) is 0 Å². The van der Waals surface area contributed by atoms with Crippen LogP contribution in [0.1, 0.15) is 47.8 Å². The van der Waals surface area contributed by atoms with E-state index < -0.39 is 0 Å². The van der Waals surface area contributed by atoms with Gasteiger partial charge in [0.1, 0.15) is 0 Å². The monoisotopic (exact) mass is 319 g/mol. The summed E-state index contributed by atoms with van der Waals surface area (Å²) in [5.41, 5.74) is 9.03. The smallest absolute Gasteiger partial charge is 0.338 e. The first-order valence-electron chi connectivity index (χ1n) is 8.25. The van der Waals surface area contributed by atoms with Crippen LogP contribution in [0.5, 0.6) is 0 Å². The van der Waals surface area contributed by atoms with Crippen molar-refractivity contribution in [2.75, 3.05) is 12.4 Å². The van der Waals surface area contributed by atoms with Gasteiger partial charge in [-0.15, -0.1) is 0 Å². The van der Waals surface area contributed by atoms with Crippen molar-refractivity contribution in [3.05, 3.63) is 58.7 Å². The fraction of sp³-hybridized carbons (Fsp3) is 0.286. The maximum absolute atomic E-state index is 12.1. The Balaban J connectivity index is 1.88. The molecule has 1 N–H and O–H groups in total. The van der Waals surface area contributed by atoms with Crippen LogP contribution in [0.25, 0.3) is 16.7 Å². The molecule has 0 saturated carbocycles. The number of methoxy groups -OCH3 is 1. The topological polar surface area (TPSA) is 38.3 Å². The lowest BCUT2D eigenvalue weighted by atomic mass is 9.89. The van der Waals surface area contributed by atoms with Crippen molar-refractivity contribution in [2.24, 2.45) is 0 Å². The lowest BCUT2D eigenvalue weighted by Gasteiger charge is -2.32. The Kier molecular flexibility index (Phi) is 3.11. The van der Waals surface area contributed by atoms with Crippen LogP contribution < -0.4 is 5.32 Å². The van der Waals surface area contributed by atoms with Gasteiger partial charge in [0, 0.05) is 11.3 Å². The molecule has 0 spiro atoms. The van der Waals surface area contributed by atoms with Crippen LogP contribution in [0.2, 0.25) is 0 Å². The summed E-state index contributed by atoms with van der Waals surface area (Å²) in [6.45, 7) is 6.52. The fourth-order valence-corrected chi connectivity index (χ4v) is 3.99. The molecule has 2 aromatic carbocycles. The maximum atomic E-state index is 12.1. The Morgan fingerprint density at radius 1 is 1.17 bits per heavy atom. The van der Waals surface area contributed by atoms with Crippen LogP contribution >= 0.6 is 0 Å². The van der Waals surface area contributed by atoms with E-state index in [9.17, 15) is 4.79 Å². The molecular formula is C21H21NO2. The van der Waals surface area contributed by atoms with Gasteiger partial charge in [0.2, 0.25) is 0 Å². The van der Waals surface area contributed by atoms with Gasteiger partial charge in [0.05, 0.1) is 18.2 Å². The normalized spacial score (nSPS) is 16.4. The van der Waals surface area contributed by atoms with Gasteiger partial charge in [-0.2, -0.15) is 0 Å². The third-order valence-electron chi connectivity index (χ3n) is 4.94. The van der Waals surface area contributed by atoms with E-state index in [2.05, 4.69) is 50.4 Å². The molecule has 0 radical (unpaired) electrons. The highest BCUT2D eigenvalue weighted by Crippen LogP contribution is 2.44. The summed E-state index contributed by atoms with van der Waals surface area (Å²) in [5, 5.41) is 3.60. The minimum atomic E-state index is -0.264. The van der Waals surface area contributed by atoms with Gasteiger partial charge < -0.3 is 10.1 Å². The molecule has 0 amide bonds. The van der Waals surface area contributed by atoms with Crippen molar-refractivity contribution in [2.45, 2.75) is 32.7 Å². The molecule has 2 aliphatic rings. The first-order chi connectivity index (χ1) is 11.4. The van der Waals surface area contributed by atoms with Crippen molar-refractivity contribution in [3.8, 4) is 11.1 Å². The third-order valence-corrected chi connectivity index (χ3v) is 4.94. The molecule has 1 aliphatic heterocycles. The molecule has 24 heavy (non-hydrogen) atoms. The van der Waals surface area contributed by atoms with E-state index in [1.807, 2.05) is 12.1 Å². The molecule has 0 aromatic heterocycles. The molecule has 4 rings (SSSR count). The summed E-state index contributed by atoms with van der Waals surface area (Å²) in [6, 6.07) is 10.4. The molecule has 3 nitrogen and oxygen atoms in total. The number of ether oxygens (including phenoxy) is 1. The number of hydrogen-bond acceptors (Lipinski definition) is 3. The Labute approximate surface area is 142 Å². The molecule has 1 heterocycles. The standard InChI is InChI=1S/C21H21NO2/c1-12-11-21(2,3)22-19-9-13-8-18-14(17(13)10-16(12)19)6-5-7-15(18)20(23)24-4/h5-7,9-11,22H,8H2,1-4H3. The Morgan fingerprint density at radius 2 is 1.96 bits per heavy atom. The second kappa shape index (κ2) is 4.97. The van der Waals surface area contributed by atoms with Gasteiger partial charge in [0.15, 0.2) is 0 Å². The summed E-state index contributed by atoms with van der Waals surface area (Å²) in [5.74, 6) is -0.264. The van der Waals surface area contributed by atoms with Crippen LogP contribution in [-0.2, 0) is 11.2 Å². The van der Waals surface area contributed by atoms with Gasteiger partial charge in [-0.05, 0) is 73.2 Å². The summed E-state index contributed by atoms with van der Waals surface area (Å²) in [4.78, 5) is 12.1. The first kappa shape index (κ1) is 15.0. The number of benzene rings is 2. The highest BCUT2D eigenvalue weighted by atomic mass is 16.5. The SMILES string of the molecule is COC(=O)c1cccc2c1Cc1cc3c(cc1-2)C(C)=CC(C)(C)N3. The minimum absolute atomic E-state index is 0.0477. The molecule has 0 unspecified atom stereocenters. The van der Waals surface area contributed by atoms with Crippen LogP contribution in [0.4, 0.5) is 5.69 Å². The predicted molar refractivity (Wildman–Crippen MR) is 97.4 cm³/mol. The van der Waals surface area contributed by atoms with E-state index in [1.165, 1.54) is 35.1 Å². The van der Waals surface area contributed by atoms with Gasteiger partial charge in [-0.1, -0.05) is 18.2 Å². The second-order valence-corrected chi connectivity index (χ2v) is 7.23. The number of allylic oxidation sites excluding steroid dienone is 1. The number of fused-ring (bicyclic) bond motifs is 4. The van der Waals surface area contributed by atoms with Crippen LogP contribution in [0.15, 0.2) is 36.4 Å². The molecular weight excluding hydrogens is 298 g/mol. The van der Waals surface area contributed by atoms with Crippen LogP contribution in [0, 0.1) is 0 Å². The molecule has 3 heteroatoms. The Morgan fingerprint density at radius 3 is 2.71 bits per heavy atom. The van der Waals surface area contributed by atoms with Crippen molar-refractivity contribution in [1.82, 2.24) is 0 Å². The molecule has 122 valence electrons. The Bertz CT molecular complexity index is 906. The molecule has 0 atom stereocenters. The second-order valence-electron chi connectivity index (χ2n) is 7.23. The zero-order valence-electron chi connectivity index (χ0n) is 14.5. The largest absolute Gasteiger partial charge is 0.465 e. The highest BCUT2D eigenvalue weighted by molar-refractivity contribution is 5.96. The van der Waals surface area contributed by atoms with Crippen molar-refractivity contribution >= 4 is 17.2 Å². The summed E-state index contributed by atoms with van der Waals surface area (Å²) < 4.78 is 4.94. The fourth-order valence-electron chi connectivity index (χ4n) is 3.99. The van der Waals surface area contributed by atoms with Crippen LogP contribution in [-0.4, -0.2) is 18.6 Å². The quantitative estimate of drug-likeness (QED) is 0.663. The van der Waals surface area contributed by atoms with Crippen molar-refractivity contribution in [3.63, 3.8) is 0 Å². The van der Waals surface area contributed by atoms with E-state index >= 15 is 0 Å². The zero-order valence-corrected chi connectivity index (χ0v) is 14.5. The predicted octanol–water partition coefficient (Wildman–Crippen LogP) is 4.65. The highest BCUT2D eigenvalue weighted by Gasteiger charge is 2.28. The van der Waals surface area contributed by atoms with Crippen molar-refractivity contribution in [1.29, 1.82) is 0 Å². The third kappa shape index (κ3) is 2.15. The van der Waals surface area contributed by atoms with E-state index in [0.29, 0.717) is 5.56 Å². The van der Waals surface area contributed by atoms with E-state index in [-0.39, 0.29) is 11.5 Å². The summed E-state index contributed by atoms with van der Waals surface area (Å²) >= 11 is 0. The lowest BCUT2D eigenvalue weighted by molar-refractivity contribution is 0.0600. The number of carbonyl (C=O) groups excluding carboxylic acids is 1. The molecule has 2 aromatic rings. The summed E-state index contributed by atoms with van der Waals surface area (Å²) in [7, 11) is 1.43. The van der Waals surface area contributed by atoms with E-state index in [1.54, 1.807) is 0 Å². The van der Waals surface area contributed by atoms with Gasteiger partial charge in [-0.3, -0.25) is 0 Å². The molecule has 0 bridgehead atoms.